The quantitative estimate of drug-likeness (QED) is 0.607. The van der Waals surface area contributed by atoms with E-state index in [1.54, 1.807) is 0 Å². The van der Waals surface area contributed by atoms with E-state index in [2.05, 4.69) is 4.99 Å². The number of nitrogens with zero attached hydrogens (tertiary/aromatic N) is 1. The highest BCUT2D eigenvalue weighted by molar-refractivity contribution is 5.83. The molecule has 1 aliphatic heterocycles. The largest absolute Gasteiger partial charge is 0.387 e. The van der Waals surface area contributed by atoms with E-state index in [1.807, 2.05) is 0 Å². The minimum absolute atomic E-state index is 0.0421. The molecule has 68 valence electrons. The molecule has 0 bridgehead atoms. The van der Waals surface area contributed by atoms with Crippen LogP contribution >= 0.6 is 0 Å². The molecule has 1 heterocycles. The van der Waals surface area contributed by atoms with Crippen molar-refractivity contribution in [3.05, 3.63) is 0 Å². The molecule has 0 spiro atoms. The number of Topliss-reactive ketones (excluding diaryl/α,β-unsaturated/α-hetero) is 1. The first-order chi connectivity index (χ1) is 5.59. The minimum atomic E-state index is -0.337. The highest BCUT2D eigenvalue weighted by Gasteiger charge is 2.21. The molecule has 4 heteroatoms. The molecule has 1 rings (SSSR count). The zero-order valence-corrected chi connectivity index (χ0v) is 7.29. The van der Waals surface area contributed by atoms with Gasteiger partial charge < -0.3 is 11.5 Å². The molecule has 1 aliphatic rings. The van der Waals surface area contributed by atoms with Crippen LogP contribution in [0.1, 0.15) is 19.8 Å². The van der Waals surface area contributed by atoms with Gasteiger partial charge in [-0.15, -0.1) is 0 Å². The normalized spacial score (nSPS) is 25.2. The van der Waals surface area contributed by atoms with Crippen LogP contribution in [0.15, 0.2) is 4.99 Å². The van der Waals surface area contributed by atoms with Gasteiger partial charge in [0.05, 0.1) is 11.9 Å². The summed E-state index contributed by atoms with van der Waals surface area (Å²) in [5.74, 6) is 1.11. The van der Waals surface area contributed by atoms with Gasteiger partial charge in [-0.1, -0.05) is 0 Å². The zero-order valence-electron chi connectivity index (χ0n) is 7.29. The van der Waals surface area contributed by atoms with Gasteiger partial charge in [-0.3, -0.25) is 9.79 Å². The summed E-state index contributed by atoms with van der Waals surface area (Å²) in [6, 6.07) is -0.337. The second kappa shape index (κ2) is 3.67. The van der Waals surface area contributed by atoms with Crippen molar-refractivity contribution in [2.75, 3.05) is 6.54 Å². The fourth-order valence-corrected chi connectivity index (χ4v) is 1.35. The number of nitrogens with two attached hydrogens (primary N) is 2. The van der Waals surface area contributed by atoms with Gasteiger partial charge in [-0.25, -0.2) is 0 Å². The first kappa shape index (κ1) is 9.19. The van der Waals surface area contributed by atoms with Crippen molar-refractivity contribution in [1.82, 2.24) is 0 Å². The molecule has 0 fully saturated rings. The fraction of sp³-hybridized carbons (Fsp3) is 0.750. The van der Waals surface area contributed by atoms with E-state index in [-0.39, 0.29) is 11.8 Å². The van der Waals surface area contributed by atoms with E-state index in [9.17, 15) is 4.79 Å². The van der Waals surface area contributed by atoms with Crippen LogP contribution in [0.25, 0.3) is 0 Å². The Morgan fingerprint density at radius 2 is 2.50 bits per heavy atom. The topological polar surface area (TPSA) is 81.5 Å². The number of aliphatic imine (C=N–C) groups is 1. The Morgan fingerprint density at radius 3 is 2.92 bits per heavy atom. The predicted molar refractivity (Wildman–Crippen MR) is 47.9 cm³/mol. The summed E-state index contributed by atoms with van der Waals surface area (Å²) >= 11 is 0. The van der Waals surface area contributed by atoms with E-state index in [1.165, 1.54) is 6.92 Å². The van der Waals surface area contributed by atoms with E-state index in [4.69, 9.17) is 11.5 Å². The van der Waals surface area contributed by atoms with Crippen LogP contribution < -0.4 is 11.5 Å². The van der Waals surface area contributed by atoms with Crippen LogP contribution in [0.4, 0.5) is 0 Å². The molecular weight excluding hydrogens is 154 g/mol. The van der Waals surface area contributed by atoms with E-state index in [0.717, 1.165) is 13.0 Å². The molecule has 1 unspecified atom stereocenters. The molecule has 0 saturated carbocycles. The van der Waals surface area contributed by atoms with Crippen molar-refractivity contribution in [2.45, 2.75) is 25.8 Å². The van der Waals surface area contributed by atoms with Crippen LogP contribution in [0.5, 0.6) is 0 Å². The van der Waals surface area contributed by atoms with E-state index in [0.29, 0.717) is 18.2 Å². The van der Waals surface area contributed by atoms with Crippen molar-refractivity contribution in [3.63, 3.8) is 0 Å². The Morgan fingerprint density at radius 1 is 1.83 bits per heavy atom. The number of hydrogen-bond acceptors (Lipinski definition) is 4. The van der Waals surface area contributed by atoms with Crippen LogP contribution in [0.2, 0.25) is 0 Å². The van der Waals surface area contributed by atoms with E-state index < -0.39 is 0 Å². The molecule has 0 saturated heterocycles. The molecular formula is C8H15N3O. The Bertz CT molecular complexity index is 212. The molecule has 0 amide bonds. The molecule has 0 radical (unpaired) electrons. The highest BCUT2D eigenvalue weighted by atomic mass is 16.1. The number of carbonyl (C=O) groups is 1. The smallest absolute Gasteiger partial charge is 0.146 e. The zero-order chi connectivity index (χ0) is 9.14. The second-order valence-electron chi connectivity index (χ2n) is 3.36. The average molecular weight is 169 g/mol. The van der Waals surface area contributed by atoms with Gasteiger partial charge in [0.1, 0.15) is 5.78 Å². The number of hydrogen-bond donors (Lipinski definition) is 2. The summed E-state index contributed by atoms with van der Waals surface area (Å²) in [6.45, 7) is 2.25. The molecule has 12 heavy (non-hydrogen) atoms. The first-order valence-electron chi connectivity index (χ1n) is 4.14. The van der Waals surface area contributed by atoms with Crippen molar-refractivity contribution in [2.24, 2.45) is 22.4 Å². The third-order valence-corrected chi connectivity index (χ3v) is 2.16. The molecule has 4 N–H and O–H groups in total. The maximum absolute atomic E-state index is 10.8. The molecule has 0 aromatic rings. The summed E-state index contributed by atoms with van der Waals surface area (Å²) in [5, 5.41) is 0. The molecule has 0 aromatic heterocycles. The van der Waals surface area contributed by atoms with Crippen molar-refractivity contribution in [1.29, 1.82) is 0 Å². The summed E-state index contributed by atoms with van der Waals surface area (Å²) < 4.78 is 0. The van der Waals surface area contributed by atoms with Crippen LogP contribution in [0, 0.1) is 5.92 Å². The minimum Gasteiger partial charge on any atom is -0.387 e. The van der Waals surface area contributed by atoms with Gasteiger partial charge >= 0.3 is 0 Å². The number of amidine groups is 1. The third kappa shape index (κ3) is 2.30. The lowest BCUT2D eigenvalue weighted by atomic mass is 9.97. The van der Waals surface area contributed by atoms with Crippen LogP contribution in [-0.2, 0) is 4.79 Å². The molecule has 4 nitrogen and oxygen atoms in total. The Hall–Kier alpha value is -0.900. The van der Waals surface area contributed by atoms with Crippen molar-refractivity contribution < 1.29 is 4.79 Å². The Balaban J connectivity index is 2.30. The average Bonchev–Trinajstić information content (AvgIpc) is 2.35. The number of ketones is 1. The fourth-order valence-electron chi connectivity index (χ4n) is 1.35. The summed E-state index contributed by atoms with van der Waals surface area (Å²) in [5.41, 5.74) is 11.1. The van der Waals surface area contributed by atoms with Gasteiger partial charge in [-0.2, -0.15) is 0 Å². The molecule has 0 aromatic carbocycles. The Labute approximate surface area is 72.0 Å². The Kier molecular flexibility index (Phi) is 2.81. The summed E-state index contributed by atoms with van der Waals surface area (Å²) in [6.07, 6.45) is 1.50. The molecule has 2 atom stereocenters. The maximum Gasteiger partial charge on any atom is 0.146 e. The second-order valence-corrected chi connectivity index (χ2v) is 3.36. The number of carbonyl (C=O) groups excluding carboxylic acids is 1. The van der Waals surface area contributed by atoms with Gasteiger partial charge in [0.15, 0.2) is 0 Å². The van der Waals surface area contributed by atoms with Crippen LogP contribution in [-0.4, -0.2) is 24.2 Å². The highest BCUT2D eigenvalue weighted by Crippen LogP contribution is 2.16. The molecule has 0 aliphatic carbocycles. The number of rotatable bonds is 3. The summed E-state index contributed by atoms with van der Waals surface area (Å²) in [7, 11) is 0. The standard InChI is InChI=1S/C8H15N3O/c1-5(12)7(9)2-6-3-8(10)11-4-6/h6-7H,2-4,9H2,1H3,(H2,10,11)/t6?,7-/m0/s1. The van der Waals surface area contributed by atoms with Gasteiger partial charge in [-0.05, 0) is 19.3 Å². The van der Waals surface area contributed by atoms with Crippen molar-refractivity contribution in [3.8, 4) is 0 Å². The third-order valence-electron chi connectivity index (χ3n) is 2.16. The first-order valence-corrected chi connectivity index (χ1v) is 4.14. The maximum atomic E-state index is 10.8. The van der Waals surface area contributed by atoms with Gasteiger partial charge in [0, 0.05) is 13.0 Å². The van der Waals surface area contributed by atoms with E-state index >= 15 is 0 Å². The van der Waals surface area contributed by atoms with Crippen LogP contribution in [0.3, 0.4) is 0 Å². The van der Waals surface area contributed by atoms with Gasteiger partial charge in [0.25, 0.3) is 0 Å². The SMILES string of the molecule is CC(=O)[C@@H](N)CC1CN=C(N)C1. The van der Waals surface area contributed by atoms with Crippen molar-refractivity contribution >= 4 is 11.6 Å². The van der Waals surface area contributed by atoms with Gasteiger partial charge in [0.2, 0.25) is 0 Å². The lowest BCUT2D eigenvalue weighted by Gasteiger charge is -2.12. The summed E-state index contributed by atoms with van der Waals surface area (Å²) in [4.78, 5) is 14.9. The monoisotopic (exact) mass is 169 g/mol. The lowest BCUT2D eigenvalue weighted by molar-refractivity contribution is -0.118. The predicted octanol–water partition coefficient (Wildman–Crippen LogP) is -0.330. The lowest BCUT2D eigenvalue weighted by Crippen LogP contribution is -2.31.